The molecular weight excluding hydrogens is 965 g/mol. The smallest absolute Gasteiger partial charge is 0.261 e. The Labute approximate surface area is 425 Å². The van der Waals surface area contributed by atoms with E-state index in [4.69, 9.17) is 0 Å². The van der Waals surface area contributed by atoms with Gasteiger partial charge in [-0.2, -0.15) is 0 Å². The van der Waals surface area contributed by atoms with Crippen molar-refractivity contribution >= 4 is 179 Å². The van der Waals surface area contributed by atoms with Crippen molar-refractivity contribution in [2.24, 2.45) is 21.1 Å². The van der Waals surface area contributed by atoms with Gasteiger partial charge in [-0.25, -0.2) is 0 Å². The quantitative estimate of drug-likeness (QED) is 0.124. The van der Waals surface area contributed by atoms with Crippen LogP contribution in [0.1, 0.15) is 15.9 Å². The molecule has 0 radical (unpaired) electrons. The molecule has 1 aliphatic heterocycles. The summed E-state index contributed by atoms with van der Waals surface area (Å²) < 4.78 is 7.77. The number of fused-ring (bicyclic) bond motifs is 4. The molecule has 5 aromatic heterocycles. The lowest BCUT2D eigenvalue weighted by Gasteiger charge is -2.32. The third-order valence-electron chi connectivity index (χ3n) is 18.9. The zero-order valence-corrected chi connectivity index (χ0v) is 41.0. The van der Waals surface area contributed by atoms with Crippen LogP contribution in [0.25, 0.3) is 184 Å². The Hall–Kier alpha value is -10.3. The average Bonchev–Trinajstić information content (AvgIpc) is 3.02. The number of rotatable bonds is 2. The maximum Gasteiger partial charge on any atom is 0.261 e. The Morgan fingerprint density at radius 3 is 1.12 bits per heavy atom. The number of hydrogen-bond donors (Lipinski definition) is 0. The largest absolute Gasteiger partial charge is 0.337 e. The molecule has 0 spiro atoms. The van der Waals surface area contributed by atoms with E-state index in [9.17, 15) is 9.59 Å². The van der Waals surface area contributed by atoms with Gasteiger partial charge in [0, 0.05) is 149 Å². The van der Waals surface area contributed by atoms with Crippen LogP contribution in [0, 0.1) is 0 Å². The summed E-state index contributed by atoms with van der Waals surface area (Å²) in [7, 11) is 6.34. The van der Waals surface area contributed by atoms with Gasteiger partial charge in [0.05, 0.1) is 43.6 Å². The zero-order valence-electron chi connectivity index (χ0n) is 41.0. The van der Waals surface area contributed by atoms with Gasteiger partial charge in [-0.05, 0) is 98.5 Å². The molecule has 0 unspecified atom stereocenters. The maximum absolute atomic E-state index is 15.8. The van der Waals surface area contributed by atoms with Crippen LogP contribution in [0.4, 0.5) is 0 Å². The van der Waals surface area contributed by atoms with Gasteiger partial charge in [-0.1, -0.05) is 36.4 Å². The van der Waals surface area contributed by atoms with Crippen molar-refractivity contribution in [1.29, 1.82) is 0 Å². The van der Waals surface area contributed by atoms with Crippen LogP contribution >= 0.6 is 0 Å². The molecule has 19 aromatic rings. The van der Waals surface area contributed by atoms with Crippen LogP contribution in [0.15, 0.2) is 126 Å². The summed E-state index contributed by atoms with van der Waals surface area (Å²) in [6.45, 7) is 0.210. The van der Waals surface area contributed by atoms with E-state index in [0.29, 0.717) is 81.2 Å². The summed E-state index contributed by atoms with van der Waals surface area (Å²) in [6.07, 6.45) is 0. The molecule has 13 heteroatoms. The van der Waals surface area contributed by atoms with Crippen LogP contribution in [0.2, 0.25) is 0 Å². The lowest BCUT2D eigenvalue weighted by Crippen LogP contribution is -2.31. The molecule has 358 valence electrons. The molecule has 14 aromatic carbocycles. The third-order valence-corrected chi connectivity index (χ3v) is 18.9. The molecule has 20 rings (SSSR count). The number of para-hydroxylation sites is 2. The molecule has 77 heavy (non-hydrogen) atoms. The summed E-state index contributed by atoms with van der Waals surface area (Å²) in [4.78, 5) is 108. The average molecular weight is 995 g/mol. The van der Waals surface area contributed by atoms with Crippen molar-refractivity contribution in [2.45, 2.75) is 6.54 Å². The van der Waals surface area contributed by atoms with Gasteiger partial charge in [0.15, 0.2) is 0 Å². The summed E-state index contributed by atoms with van der Waals surface area (Å²) in [5, 5.41) is 18.1. The van der Waals surface area contributed by atoms with E-state index >= 15 is 24.0 Å². The van der Waals surface area contributed by atoms with E-state index in [-0.39, 0.29) is 12.5 Å². The molecule has 1 amide bonds. The first-order valence-electron chi connectivity index (χ1n) is 25.6. The summed E-state index contributed by atoms with van der Waals surface area (Å²) in [6, 6.07) is 31.2. The van der Waals surface area contributed by atoms with Crippen LogP contribution in [-0.4, -0.2) is 40.7 Å². The van der Waals surface area contributed by atoms with Crippen molar-refractivity contribution in [3.05, 3.63) is 170 Å². The monoisotopic (exact) mass is 994 g/mol. The number of aromatic nitrogens is 5. The topological polar surface area (TPSA) is 147 Å². The molecule has 6 heterocycles. The fraction of sp³-hybridized carbons (Fsp3) is 0.0781. The number of benzene rings is 14. The zero-order chi connectivity index (χ0) is 51.3. The summed E-state index contributed by atoms with van der Waals surface area (Å²) in [5.74, 6) is -0.163. The molecule has 0 saturated heterocycles. The van der Waals surface area contributed by atoms with Gasteiger partial charge >= 0.3 is 0 Å². The fourth-order valence-corrected chi connectivity index (χ4v) is 16.1. The number of hydrogen-bond acceptors (Lipinski definition) is 7. The summed E-state index contributed by atoms with van der Waals surface area (Å²) in [5.41, 5.74) is 3.10. The molecule has 0 atom stereocenters. The minimum absolute atomic E-state index is 0.163. The number of pyridine rings is 3. The van der Waals surface area contributed by atoms with E-state index in [1.54, 1.807) is 4.90 Å². The van der Waals surface area contributed by atoms with Crippen LogP contribution in [-0.2, 0) is 27.7 Å². The van der Waals surface area contributed by atoms with Crippen molar-refractivity contribution < 1.29 is 4.79 Å². The predicted octanol–water partition coefficient (Wildman–Crippen LogP) is 9.86. The Bertz CT molecular complexity index is 6470. The second kappa shape index (κ2) is 11.7. The number of nitrogens with zero attached hydrogens (tertiary/aromatic N) is 6. The Morgan fingerprint density at radius 2 is 0.636 bits per heavy atom. The number of carbonyl (C=O) groups excluding carboxylic acids is 1. The van der Waals surface area contributed by atoms with E-state index in [2.05, 4.69) is 9.13 Å². The molecule has 0 bridgehead atoms. The van der Waals surface area contributed by atoms with Crippen molar-refractivity contribution in [3.63, 3.8) is 0 Å². The first-order chi connectivity index (χ1) is 37.4. The van der Waals surface area contributed by atoms with Crippen molar-refractivity contribution in [2.75, 3.05) is 7.05 Å². The maximum atomic E-state index is 15.8. The first kappa shape index (κ1) is 39.2. The molecule has 0 aliphatic carbocycles. The van der Waals surface area contributed by atoms with Gasteiger partial charge in [-0.3, -0.25) is 47.3 Å². The highest BCUT2D eigenvalue weighted by atomic mass is 16.2. The second-order valence-corrected chi connectivity index (χ2v) is 22.1. The van der Waals surface area contributed by atoms with Crippen molar-refractivity contribution in [1.82, 2.24) is 27.7 Å². The number of amides is 1. The molecule has 0 N–H and O–H groups in total. The van der Waals surface area contributed by atoms with Crippen molar-refractivity contribution in [3.8, 4) is 11.4 Å². The molecule has 0 fully saturated rings. The second-order valence-electron chi connectivity index (χ2n) is 22.1. The first-order valence-corrected chi connectivity index (χ1v) is 25.6. The highest BCUT2D eigenvalue weighted by Crippen LogP contribution is 2.62. The normalized spacial score (nSPS) is 14.2. The molecular formula is C64H30N6O7. The highest BCUT2D eigenvalue weighted by molar-refractivity contribution is 6.62. The third kappa shape index (κ3) is 3.67. The van der Waals surface area contributed by atoms with Gasteiger partial charge in [-0.15, -0.1) is 0 Å². The van der Waals surface area contributed by atoms with Gasteiger partial charge in [0.25, 0.3) is 39.3 Å². The standard InChI is InChI=1S/C64H30N6O7/c1-65-21-32-37-24-15-26-38-29(61(74)66(2)59(26)72)19-35-46-48-36(70(35)23-13-9-6-10-14-23)20-31-44-53(48)55(41(24)49(38)46)56-43(57(44)64(77)68(4)63(31)76)25-16-27-39-30(62(75)67(3)60(27)73)18-34-45-47-33(69(34)22-11-7-5-8-12-22)17-28(58(65)71)40(32)51(47)54(52(37)56)42(25)50(39)45/h5-20H,21H2,1-4H3. The minimum atomic E-state index is -0.494. The Morgan fingerprint density at radius 1 is 0.299 bits per heavy atom. The lowest BCUT2D eigenvalue weighted by molar-refractivity contribution is 0.0781. The summed E-state index contributed by atoms with van der Waals surface area (Å²) >= 11 is 0. The fourth-order valence-electron chi connectivity index (χ4n) is 16.1. The SMILES string of the molecule is CN1Cc2c3c(cc4c5c3c3c6c(cc7c(=O)n(C)c(=O)c8cc(c5c6c78)n4-c4ccccc4)c4c5c(=O)n(C)c(=O)c6cc7c8c(c65)c5c6c(cc9c(=O)n(C)c(=O)c%10cc(c8c6c9%10)n7-c6ccccc6)c2c3c45)C1=O. The lowest BCUT2D eigenvalue weighted by atomic mass is 9.72. The highest BCUT2D eigenvalue weighted by Gasteiger charge is 2.40. The molecule has 13 nitrogen and oxygen atoms in total. The van der Waals surface area contributed by atoms with E-state index in [0.717, 1.165) is 119 Å². The van der Waals surface area contributed by atoms with E-state index in [1.807, 2.05) is 104 Å². The minimum Gasteiger partial charge on any atom is -0.337 e. The van der Waals surface area contributed by atoms with Crippen LogP contribution in [0.5, 0.6) is 0 Å². The van der Waals surface area contributed by atoms with Gasteiger partial charge in [0.2, 0.25) is 0 Å². The molecule has 1 aliphatic rings. The molecule has 0 saturated carbocycles. The van der Waals surface area contributed by atoms with Crippen LogP contribution < -0.4 is 33.4 Å². The van der Waals surface area contributed by atoms with Crippen LogP contribution in [0.3, 0.4) is 0 Å². The predicted molar refractivity (Wildman–Crippen MR) is 307 cm³/mol. The number of carbonyl (C=O) groups is 1. The van der Waals surface area contributed by atoms with E-state index < -0.39 is 33.4 Å². The Balaban J connectivity index is 1.25. The van der Waals surface area contributed by atoms with Gasteiger partial charge < -0.3 is 14.0 Å². The van der Waals surface area contributed by atoms with E-state index in [1.165, 1.54) is 30.3 Å². The van der Waals surface area contributed by atoms with Gasteiger partial charge in [0.1, 0.15) is 0 Å². The Kier molecular flexibility index (Phi) is 5.94.